The Morgan fingerprint density at radius 3 is 2.47 bits per heavy atom. The molecule has 1 saturated carbocycles. The number of carbonyl (C=O) groups is 3. The summed E-state index contributed by atoms with van der Waals surface area (Å²) < 4.78 is 0. The molecule has 2 fully saturated rings. The Morgan fingerprint density at radius 1 is 1.23 bits per heavy atom. The van der Waals surface area contributed by atoms with Gasteiger partial charge < -0.3 is 10.6 Å². The number of imide groups is 1. The second-order valence-corrected chi connectivity index (χ2v) is 9.68. The summed E-state index contributed by atoms with van der Waals surface area (Å²) in [4.78, 5) is 38.9. The molecule has 3 rings (SSSR count). The van der Waals surface area contributed by atoms with Crippen LogP contribution >= 0.6 is 11.6 Å². The van der Waals surface area contributed by atoms with Crippen molar-refractivity contribution in [2.24, 2.45) is 11.3 Å². The first-order valence-electron chi connectivity index (χ1n) is 10.8. The van der Waals surface area contributed by atoms with E-state index >= 15 is 0 Å². The molecular formula is C23H32ClN3O3. The molecule has 0 aromatic heterocycles. The zero-order valence-corrected chi connectivity index (χ0v) is 18.8. The predicted molar refractivity (Wildman–Crippen MR) is 117 cm³/mol. The van der Waals surface area contributed by atoms with Gasteiger partial charge in [0.2, 0.25) is 5.91 Å². The lowest BCUT2D eigenvalue weighted by Gasteiger charge is -2.42. The smallest absolute Gasteiger partial charge is 0.325 e. The maximum Gasteiger partial charge on any atom is 0.325 e. The fourth-order valence-electron chi connectivity index (χ4n) is 4.54. The van der Waals surface area contributed by atoms with Gasteiger partial charge in [-0.3, -0.25) is 14.5 Å². The van der Waals surface area contributed by atoms with Gasteiger partial charge in [0.1, 0.15) is 12.1 Å². The minimum Gasteiger partial charge on any atom is -0.354 e. The summed E-state index contributed by atoms with van der Waals surface area (Å²) in [5, 5.41) is 6.36. The molecule has 0 unspecified atom stereocenters. The molecular weight excluding hydrogens is 402 g/mol. The number of hydrogen-bond acceptors (Lipinski definition) is 3. The SMILES string of the molecule is CCC(C)(C)C1CCC2(CC1)NC(=O)N(CC(=O)NCCc1ccc(Cl)cc1)C2=O. The number of hydrogen-bond donors (Lipinski definition) is 2. The van der Waals surface area contributed by atoms with E-state index in [9.17, 15) is 14.4 Å². The van der Waals surface area contributed by atoms with Crippen molar-refractivity contribution in [3.63, 3.8) is 0 Å². The normalized spacial score (nSPS) is 24.3. The van der Waals surface area contributed by atoms with Gasteiger partial charge in [-0.2, -0.15) is 0 Å². The van der Waals surface area contributed by atoms with E-state index in [1.165, 1.54) is 0 Å². The van der Waals surface area contributed by atoms with E-state index < -0.39 is 11.6 Å². The van der Waals surface area contributed by atoms with Crippen LogP contribution in [0.5, 0.6) is 0 Å². The van der Waals surface area contributed by atoms with Crippen LogP contribution < -0.4 is 10.6 Å². The first kappa shape index (κ1) is 22.6. The van der Waals surface area contributed by atoms with E-state index in [0.717, 1.165) is 29.7 Å². The van der Waals surface area contributed by atoms with Crippen LogP contribution in [0.3, 0.4) is 0 Å². The van der Waals surface area contributed by atoms with Crippen molar-refractivity contribution >= 4 is 29.4 Å². The van der Waals surface area contributed by atoms with E-state index in [2.05, 4.69) is 31.4 Å². The molecule has 1 aliphatic heterocycles. The van der Waals surface area contributed by atoms with Gasteiger partial charge in [-0.15, -0.1) is 0 Å². The lowest BCUT2D eigenvalue weighted by atomic mass is 9.65. The Hall–Kier alpha value is -2.08. The van der Waals surface area contributed by atoms with E-state index in [4.69, 9.17) is 11.6 Å². The van der Waals surface area contributed by atoms with Crippen molar-refractivity contribution in [1.29, 1.82) is 0 Å². The van der Waals surface area contributed by atoms with Gasteiger partial charge in [0.15, 0.2) is 0 Å². The fourth-order valence-corrected chi connectivity index (χ4v) is 4.66. The maximum absolute atomic E-state index is 13.0. The number of urea groups is 1. The summed E-state index contributed by atoms with van der Waals surface area (Å²) in [5.74, 6) is -0.0403. The van der Waals surface area contributed by atoms with Gasteiger partial charge in [-0.25, -0.2) is 4.79 Å². The fraction of sp³-hybridized carbons (Fsp3) is 0.609. The van der Waals surface area contributed by atoms with Crippen LogP contribution in [0.2, 0.25) is 5.02 Å². The minimum absolute atomic E-state index is 0.233. The average molecular weight is 434 g/mol. The highest BCUT2D eigenvalue weighted by atomic mass is 35.5. The van der Waals surface area contributed by atoms with Gasteiger partial charge >= 0.3 is 6.03 Å². The zero-order chi connectivity index (χ0) is 21.9. The van der Waals surface area contributed by atoms with Gasteiger partial charge in [0.25, 0.3) is 5.91 Å². The molecule has 1 spiro atoms. The number of halogens is 1. The Kier molecular flexibility index (Phi) is 6.75. The van der Waals surface area contributed by atoms with Crippen molar-refractivity contribution in [2.45, 2.75) is 64.8 Å². The van der Waals surface area contributed by atoms with Crippen LogP contribution in [0.1, 0.15) is 58.4 Å². The van der Waals surface area contributed by atoms with Crippen molar-refractivity contribution in [2.75, 3.05) is 13.1 Å². The minimum atomic E-state index is -0.832. The number of nitrogens with one attached hydrogen (secondary N) is 2. The van der Waals surface area contributed by atoms with Gasteiger partial charge in [-0.05, 0) is 61.1 Å². The second-order valence-electron chi connectivity index (χ2n) is 9.25. The molecule has 1 heterocycles. The van der Waals surface area contributed by atoms with Crippen LogP contribution in [-0.2, 0) is 16.0 Å². The van der Waals surface area contributed by atoms with E-state index in [-0.39, 0.29) is 23.8 Å². The van der Waals surface area contributed by atoms with Crippen molar-refractivity contribution in [3.05, 3.63) is 34.9 Å². The molecule has 2 N–H and O–H groups in total. The summed E-state index contributed by atoms with van der Waals surface area (Å²) in [6.45, 7) is 6.93. The number of amides is 4. The molecule has 1 aromatic rings. The third-order valence-electron chi connectivity index (χ3n) is 7.05. The molecule has 0 bridgehead atoms. The largest absolute Gasteiger partial charge is 0.354 e. The van der Waals surface area contributed by atoms with Crippen molar-refractivity contribution in [1.82, 2.24) is 15.5 Å². The molecule has 7 heteroatoms. The Balaban J connectivity index is 1.51. The molecule has 1 aromatic carbocycles. The molecule has 2 aliphatic rings. The van der Waals surface area contributed by atoms with Crippen molar-refractivity contribution < 1.29 is 14.4 Å². The second kappa shape index (κ2) is 8.96. The molecule has 0 atom stereocenters. The van der Waals surface area contributed by atoms with Gasteiger partial charge in [0, 0.05) is 11.6 Å². The molecule has 6 nitrogen and oxygen atoms in total. The number of nitrogens with zero attached hydrogens (tertiary/aromatic N) is 1. The first-order chi connectivity index (χ1) is 14.2. The van der Waals surface area contributed by atoms with Crippen LogP contribution in [0.4, 0.5) is 4.79 Å². The van der Waals surface area contributed by atoms with Crippen LogP contribution in [-0.4, -0.2) is 41.4 Å². The van der Waals surface area contributed by atoms with Crippen LogP contribution in [0.25, 0.3) is 0 Å². The van der Waals surface area contributed by atoms with Gasteiger partial charge in [-0.1, -0.05) is 50.9 Å². The standard InChI is InChI=1S/C23H32ClN3O3/c1-4-22(2,3)17-9-12-23(13-10-17)20(29)27(21(30)26-23)15-19(28)25-14-11-16-5-7-18(24)8-6-16/h5-8,17H,4,9-15H2,1-3H3,(H,25,28)(H,26,30). The van der Waals surface area contributed by atoms with E-state index in [1.54, 1.807) is 0 Å². The topological polar surface area (TPSA) is 78.5 Å². The molecule has 164 valence electrons. The van der Waals surface area contributed by atoms with Crippen molar-refractivity contribution in [3.8, 4) is 0 Å². The highest BCUT2D eigenvalue weighted by molar-refractivity contribution is 6.30. The third kappa shape index (κ3) is 4.80. The van der Waals surface area contributed by atoms with Crippen LogP contribution in [0, 0.1) is 11.3 Å². The van der Waals surface area contributed by atoms with Crippen LogP contribution in [0.15, 0.2) is 24.3 Å². The molecule has 30 heavy (non-hydrogen) atoms. The molecule has 1 saturated heterocycles. The Bertz CT molecular complexity index is 798. The highest BCUT2D eigenvalue weighted by Gasteiger charge is 2.53. The maximum atomic E-state index is 13.0. The summed E-state index contributed by atoms with van der Waals surface area (Å²) in [6.07, 6.45) is 4.84. The quantitative estimate of drug-likeness (QED) is 0.640. The predicted octanol–water partition coefficient (Wildman–Crippen LogP) is 3.92. The lowest BCUT2D eigenvalue weighted by molar-refractivity contribution is -0.136. The summed E-state index contributed by atoms with van der Waals surface area (Å²) in [6, 6.07) is 6.97. The first-order valence-corrected chi connectivity index (χ1v) is 11.2. The van der Waals surface area contributed by atoms with E-state index in [0.29, 0.717) is 36.7 Å². The number of rotatable bonds is 7. The highest BCUT2D eigenvalue weighted by Crippen LogP contribution is 2.45. The zero-order valence-electron chi connectivity index (χ0n) is 18.1. The summed E-state index contributed by atoms with van der Waals surface area (Å²) in [5.41, 5.74) is 0.457. The molecule has 1 aliphatic carbocycles. The van der Waals surface area contributed by atoms with Gasteiger partial charge in [0.05, 0.1) is 0 Å². The Labute approximate surface area is 183 Å². The average Bonchev–Trinajstić information content (AvgIpc) is 2.94. The molecule has 4 amide bonds. The lowest BCUT2D eigenvalue weighted by Crippen LogP contribution is -2.51. The Morgan fingerprint density at radius 2 is 1.87 bits per heavy atom. The van der Waals surface area contributed by atoms with E-state index in [1.807, 2.05) is 24.3 Å². The summed E-state index contributed by atoms with van der Waals surface area (Å²) >= 11 is 5.87. The number of benzene rings is 1. The monoisotopic (exact) mass is 433 g/mol. The molecule has 0 radical (unpaired) electrons. The summed E-state index contributed by atoms with van der Waals surface area (Å²) in [7, 11) is 0. The third-order valence-corrected chi connectivity index (χ3v) is 7.30. The number of carbonyl (C=O) groups excluding carboxylic acids is 3.